The number of aliphatic hydroxyl groups is 1. The molecule has 0 radical (unpaired) electrons. The van der Waals surface area contributed by atoms with Crippen LogP contribution < -0.4 is 10.6 Å². The first-order chi connectivity index (χ1) is 6.20. The van der Waals surface area contributed by atoms with Crippen LogP contribution >= 0.6 is 0 Å². The second kappa shape index (κ2) is 5.16. The van der Waals surface area contributed by atoms with Crippen molar-refractivity contribution in [3.63, 3.8) is 0 Å². The Bertz CT molecular complexity index is 167. The molecular weight excluding hydrogens is 172 g/mol. The summed E-state index contributed by atoms with van der Waals surface area (Å²) in [5.41, 5.74) is 0. The molecule has 0 aromatic rings. The maximum atomic E-state index is 11.3. The van der Waals surface area contributed by atoms with Crippen LogP contribution in [0.2, 0.25) is 0 Å². The predicted octanol–water partition coefficient (Wildman–Crippen LogP) is -1.53. The van der Waals surface area contributed by atoms with Crippen molar-refractivity contribution in [3.05, 3.63) is 0 Å². The molecule has 1 aliphatic heterocycles. The molecule has 1 aliphatic rings. The highest BCUT2D eigenvalue weighted by Crippen LogP contribution is 1.95. The van der Waals surface area contributed by atoms with E-state index in [1.54, 1.807) is 6.92 Å². The van der Waals surface area contributed by atoms with Crippen LogP contribution in [-0.2, 0) is 9.53 Å². The number of aliphatic hydroxyl groups excluding tert-OH is 1. The monoisotopic (exact) mass is 188 g/mol. The van der Waals surface area contributed by atoms with E-state index in [1.165, 1.54) is 0 Å². The predicted molar refractivity (Wildman–Crippen MR) is 47.3 cm³/mol. The lowest BCUT2D eigenvalue weighted by Gasteiger charge is -2.22. The van der Waals surface area contributed by atoms with Crippen molar-refractivity contribution in [1.29, 1.82) is 0 Å². The first-order valence-electron chi connectivity index (χ1n) is 4.48. The summed E-state index contributed by atoms with van der Waals surface area (Å²) >= 11 is 0. The third-order valence-electron chi connectivity index (χ3n) is 1.79. The summed E-state index contributed by atoms with van der Waals surface area (Å²) in [6, 6.07) is 0. The van der Waals surface area contributed by atoms with Gasteiger partial charge in [0.1, 0.15) is 6.10 Å². The Morgan fingerprint density at radius 1 is 1.85 bits per heavy atom. The van der Waals surface area contributed by atoms with Gasteiger partial charge in [0.25, 0.3) is 5.91 Å². The third-order valence-corrected chi connectivity index (χ3v) is 1.79. The fourth-order valence-corrected chi connectivity index (χ4v) is 1.10. The summed E-state index contributed by atoms with van der Waals surface area (Å²) in [5, 5.41) is 14.6. The van der Waals surface area contributed by atoms with Gasteiger partial charge in [-0.25, -0.2) is 0 Å². The summed E-state index contributed by atoms with van der Waals surface area (Å²) in [6.45, 7) is 3.80. The van der Waals surface area contributed by atoms with Crippen LogP contribution in [-0.4, -0.2) is 49.5 Å². The maximum absolute atomic E-state index is 11.3. The fourth-order valence-electron chi connectivity index (χ4n) is 1.10. The second-order valence-electron chi connectivity index (χ2n) is 3.16. The topological polar surface area (TPSA) is 70.6 Å². The first kappa shape index (κ1) is 10.4. The summed E-state index contributed by atoms with van der Waals surface area (Å²) in [6.07, 6.45) is -0.923. The Labute approximate surface area is 77.5 Å². The lowest BCUT2D eigenvalue weighted by molar-refractivity contribution is -0.134. The van der Waals surface area contributed by atoms with Gasteiger partial charge in [-0.2, -0.15) is 0 Å². The molecule has 1 saturated heterocycles. The molecule has 0 saturated carbocycles. The molecule has 1 heterocycles. The average Bonchev–Trinajstić information content (AvgIpc) is 2.15. The van der Waals surface area contributed by atoms with Gasteiger partial charge in [-0.3, -0.25) is 4.79 Å². The Morgan fingerprint density at radius 2 is 2.62 bits per heavy atom. The fraction of sp³-hybridized carbons (Fsp3) is 0.875. The molecule has 0 aliphatic carbocycles. The normalized spacial score (nSPS) is 25.2. The molecule has 1 rings (SSSR count). The number of carbonyl (C=O) groups is 1. The summed E-state index contributed by atoms with van der Waals surface area (Å²) < 4.78 is 5.22. The minimum atomic E-state index is -0.513. The molecule has 5 heteroatoms. The van der Waals surface area contributed by atoms with E-state index in [4.69, 9.17) is 9.84 Å². The van der Waals surface area contributed by atoms with Crippen molar-refractivity contribution >= 4 is 5.91 Å². The Balaban J connectivity index is 2.21. The zero-order valence-electron chi connectivity index (χ0n) is 7.75. The van der Waals surface area contributed by atoms with Gasteiger partial charge in [0.15, 0.2) is 0 Å². The quantitative estimate of drug-likeness (QED) is 0.502. The molecule has 0 bridgehead atoms. The Hall–Kier alpha value is -0.650. The number of hydrogen-bond donors (Lipinski definition) is 3. The molecule has 13 heavy (non-hydrogen) atoms. The van der Waals surface area contributed by atoms with Gasteiger partial charge in [0, 0.05) is 19.6 Å². The van der Waals surface area contributed by atoms with Crippen molar-refractivity contribution in [2.75, 3.05) is 26.2 Å². The standard InChI is InChI=1S/C8H16N2O3/c1-6(11)4-10-8(12)7-5-9-2-3-13-7/h6-7,9,11H,2-5H2,1H3,(H,10,12)/t6-,7?/m1/s1. The number of amides is 1. The summed E-state index contributed by atoms with van der Waals surface area (Å²) in [4.78, 5) is 11.3. The van der Waals surface area contributed by atoms with Crippen molar-refractivity contribution in [2.24, 2.45) is 0 Å². The highest BCUT2D eigenvalue weighted by molar-refractivity contribution is 5.81. The van der Waals surface area contributed by atoms with Crippen LogP contribution in [0.25, 0.3) is 0 Å². The number of carbonyl (C=O) groups excluding carboxylic acids is 1. The molecule has 1 amide bonds. The van der Waals surface area contributed by atoms with Gasteiger partial charge in [-0.1, -0.05) is 0 Å². The summed E-state index contributed by atoms with van der Waals surface area (Å²) in [5.74, 6) is -0.159. The van der Waals surface area contributed by atoms with E-state index in [0.717, 1.165) is 6.54 Å². The van der Waals surface area contributed by atoms with E-state index in [2.05, 4.69) is 10.6 Å². The number of ether oxygens (including phenoxy) is 1. The molecule has 5 nitrogen and oxygen atoms in total. The van der Waals surface area contributed by atoms with Crippen LogP contribution in [0.4, 0.5) is 0 Å². The molecular formula is C8H16N2O3. The Kier molecular flexibility index (Phi) is 4.14. The van der Waals surface area contributed by atoms with Crippen molar-refractivity contribution in [2.45, 2.75) is 19.1 Å². The molecule has 0 spiro atoms. The van der Waals surface area contributed by atoms with Crippen LogP contribution in [0.5, 0.6) is 0 Å². The second-order valence-corrected chi connectivity index (χ2v) is 3.16. The van der Waals surface area contributed by atoms with E-state index < -0.39 is 12.2 Å². The largest absolute Gasteiger partial charge is 0.392 e. The third kappa shape index (κ3) is 3.71. The van der Waals surface area contributed by atoms with Crippen LogP contribution in [0.15, 0.2) is 0 Å². The summed E-state index contributed by atoms with van der Waals surface area (Å²) in [7, 11) is 0. The van der Waals surface area contributed by atoms with Crippen LogP contribution in [0.3, 0.4) is 0 Å². The zero-order chi connectivity index (χ0) is 9.68. The average molecular weight is 188 g/mol. The Morgan fingerprint density at radius 3 is 3.15 bits per heavy atom. The molecule has 1 fully saturated rings. The molecule has 0 aromatic carbocycles. The van der Waals surface area contributed by atoms with Gasteiger partial charge in [0.05, 0.1) is 12.7 Å². The maximum Gasteiger partial charge on any atom is 0.250 e. The van der Waals surface area contributed by atoms with E-state index in [-0.39, 0.29) is 12.5 Å². The van der Waals surface area contributed by atoms with E-state index in [1.807, 2.05) is 0 Å². The molecule has 3 N–H and O–H groups in total. The van der Waals surface area contributed by atoms with E-state index in [0.29, 0.717) is 13.2 Å². The molecule has 2 atom stereocenters. The van der Waals surface area contributed by atoms with Crippen LogP contribution in [0, 0.1) is 0 Å². The minimum Gasteiger partial charge on any atom is -0.392 e. The lowest BCUT2D eigenvalue weighted by Crippen LogP contribution is -2.48. The van der Waals surface area contributed by atoms with Crippen LogP contribution in [0.1, 0.15) is 6.92 Å². The zero-order valence-corrected chi connectivity index (χ0v) is 7.75. The lowest BCUT2D eigenvalue weighted by atomic mass is 10.3. The van der Waals surface area contributed by atoms with E-state index >= 15 is 0 Å². The molecule has 1 unspecified atom stereocenters. The highest BCUT2D eigenvalue weighted by atomic mass is 16.5. The number of morpholine rings is 1. The minimum absolute atomic E-state index is 0.159. The van der Waals surface area contributed by atoms with Gasteiger partial charge >= 0.3 is 0 Å². The van der Waals surface area contributed by atoms with Crippen molar-refractivity contribution in [3.8, 4) is 0 Å². The van der Waals surface area contributed by atoms with Crippen molar-refractivity contribution in [1.82, 2.24) is 10.6 Å². The molecule has 76 valence electrons. The number of nitrogens with one attached hydrogen (secondary N) is 2. The van der Waals surface area contributed by atoms with Crippen molar-refractivity contribution < 1.29 is 14.6 Å². The van der Waals surface area contributed by atoms with Gasteiger partial charge in [-0.15, -0.1) is 0 Å². The number of rotatable bonds is 3. The van der Waals surface area contributed by atoms with E-state index in [9.17, 15) is 4.79 Å². The number of hydrogen-bond acceptors (Lipinski definition) is 4. The highest BCUT2D eigenvalue weighted by Gasteiger charge is 2.21. The van der Waals surface area contributed by atoms with Gasteiger partial charge in [-0.05, 0) is 6.92 Å². The smallest absolute Gasteiger partial charge is 0.250 e. The SMILES string of the molecule is C[C@@H](O)CNC(=O)C1CNCCO1. The van der Waals surface area contributed by atoms with Gasteiger partial charge in [0.2, 0.25) is 0 Å². The van der Waals surface area contributed by atoms with Gasteiger partial charge < -0.3 is 20.5 Å². The molecule has 0 aromatic heterocycles. The first-order valence-corrected chi connectivity index (χ1v) is 4.48.